The summed E-state index contributed by atoms with van der Waals surface area (Å²) in [5, 5.41) is 0. The third-order valence-electron chi connectivity index (χ3n) is 3.87. The summed E-state index contributed by atoms with van der Waals surface area (Å²) in [5.74, 6) is 0. The summed E-state index contributed by atoms with van der Waals surface area (Å²) in [5.41, 5.74) is 8.46. The highest BCUT2D eigenvalue weighted by Crippen LogP contribution is 2.13. The lowest BCUT2D eigenvalue weighted by molar-refractivity contribution is 0.104. The SMILES string of the molecule is CC(C)N1CCN(Cc2ccccc2CN)CC1. The van der Waals surface area contributed by atoms with Crippen molar-refractivity contribution >= 4 is 0 Å². The van der Waals surface area contributed by atoms with Crippen LogP contribution in [-0.2, 0) is 13.1 Å². The fourth-order valence-corrected chi connectivity index (χ4v) is 2.59. The zero-order valence-electron chi connectivity index (χ0n) is 11.6. The number of rotatable bonds is 4. The second-order valence-electron chi connectivity index (χ2n) is 5.38. The highest BCUT2D eigenvalue weighted by atomic mass is 15.3. The second kappa shape index (κ2) is 6.32. The maximum absolute atomic E-state index is 5.79. The van der Waals surface area contributed by atoms with Gasteiger partial charge in [0.05, 0.1) is 0 Å². The van der Waals surface area contributed by atoms with Gasteiger partial charge in [0.25, 0.3) is 0 Å². The van der Waals surface area contributed by atoms with Gasteiger partial charge in [0.1, 0.15) is 0 Å². The molecule has 3 nitrogen and oxygen atoms in total. The molecule has 1 aliphatic heterocycles. The molecule has 1 aliphatic rings. The lowest BCUT2D eigenvalue weighted by atomic mass is 10.1. The molecule has 1 saturated heterocycles. The molecule has 1 heterocycles. The second-order valence-corrected chi connectivity index (χ2v) is 5.38. The van der Waals surface area contributed by atoms with Crippen molar-refractivity contribution in [3.8, 4) is 0 Å². The lowest BCUT2D eigenvalue weighted by Crippen LogP contribution is -2.48. The van der Waals surface area contributed by atoms with Gasteiger partial charge in [-0.15, -0.1) is 0 Å². The van der Waals surface area contributed by atoms with Crippen LogP contribution in [0.4, 0.5) is 0 Å². The van der Waals surface area contributed by atoms with Gasteiger partial charge in [0, 0.05) is 45.3 Å². The third-order valence-corrected chi connectivity index (χ3v) is 3.87. The smallest absolute Gasteiger partial charge is 0.0238 e. The first-order valence-corrected chi connectivity index (χ1v) is 6.94. The molecule has 0 amide bonds. The molecule has 0 saturated carbocycles. The summed E-state index contributed by atoms with van der Waals surface area (Å²) < 4.78 is 0. The van der Waals surface area contributed by atoms with E-state index in [2.05, 4.69) is 47.9 Å². The van der Waals surface area contributed by atoms with Gasteiger partial charge in [-0.2, -0.15) is 0 Å². The molecule has 1 aromatic rings. The molecule has 0 unspecified atom stereocenters. The van der Waals surface area contributed by atoms with E-state index < -0.39 is 0 Å². The summed E-state index contributed by atoms with van der Waals surface area (Å²) in [6, 6.07) is 9.20. The Bertz CT molecular complexity index is 368. The van der Waals surface area contributed by atoms with E-state index in [9.17, 15) is 0 Å². The van der Waals surface area contributed by atoms with E-state index in [1.54, 1.807) is 0 Å². The Kier molecular flexibility index (Phi) is 4.75. The standard InChI is InChI=1S/C15H25N3/c1-13(2)18-9-7-17(8-10-18)12-15-6-4-3-5-14(15)11-16/h3-6,13H,7-12,16H2,1-2H3. The van der Waals surface area contributed by atoms with Crippen LogP contribution in [0.15, 0.2) is 24.3 Å². The number of hydrogen-bond donors (Lipinski definition) is 1. The molecule has 0 aliphatic carbocycles. The maximum Gasteiger partial charge on any atom is 0.0238 e. The molecular weight excluding hydrogens is 222 g/mol. The van der Waals surface area contributed by atoms with Crippen LogP contribution < -0.4 is 5.73 Å². The zero-order valence-corrected chi connectivity index (χ0v) is 11.6. The van der Waals surface area contributed by atoms with E-state index in [1.165, 1.54) is 24.2 Å². The monoisotopic (exact) mass is 247 g/mol. The molecule has 3 heteroatoms. The van der Waals surface area contributed by atoms with Gasteiger partial charge in [-0.25, -0.2) is 0 Å². The molecule has 0 atom stereocenters. The van der Waals surface area contributed by atoms with Gasteiger partial charge in [-0.3, -0.25) is 9.80 Å². The lowest BCUT2D eigenvalue weighted by Gasteiger charge is -2.37. The highest BCUT2D eigenvalue weighted by Gasteiger charge is 2.19. The van der Waals surface area contributed by atoms with Crippen LogP contribution in [0.3, 0.4) is 0 Å². The topological polar surface area (TPSA) is 32.5 Å². The summed E-state index contributed by atoms with van der Waals surface area (Å²) in [4.78, 5) is 5.08. The van der Waals surface area contributed by atoms with E-state index in [0.29, 0.717) is 12.6 Å². The maximum atomic E-state index is 5.79. The van der Waals surface area contributed by atoms with Crippen LogP contribution >= 0.6 is 0 Å². The minimum absolute atomic E-state index is 0.641. The van der Waals surface area contributed by atoms with Crippen molar-refractivity contribution in [2.24, 2.45) is 5.73 Å². The summed E-state index contributed by atoms with van der Waals surface area (Å²) >= 11 is 0. The minimum Gasteiger partial charge on any atom is -0.326 e. The molecule has 1 aromatic carbocycles. The molecule has 100 valence electrons. The normalized spacial score (nSPS) is 18.4. The average Bonchev–Trinajstić information content (AvgIpc) is 2.40. The van der Waals surface area contributed by atoms with Crippen molar-refractivity contribution in [1.82, 2.24) is 9.80 Å². The Balaban J connectivity index is 1.91. The van der Waals surface area contributed by atoms with Crippen LogP contribution in [0.5, 0.6) is 0 Å². The predicted molar refractivity (Wildman–Crippen MR) is 76.3 cm³/mol. The quantitative estimate of drug-likeness (QED) is 0.878. The highest BCUT2D eigenvalue weighted by molar-refractivity contribution is 5.26. The Hall–Kier alpha value is -0.900. The molecule has 0 spiro atoms. The Morgan fingerprint density at radius 1 is 1.06 bits per heavy atom. The first-order valence-electron chi connectivity index (χ1n) is 6.94. The van der Waals surface area contributed by atoms with Crippen LogP contribution in [0.1, 0.15) is 25.0 Å². The number of nitrogens with zero attached hydrogens (tertiary/aromatic N) is 2. The van der Waals surface area contributed by atoms with Gasteiger partial charge in [-0.1, -0.05) is 24.3 Å². The van der Waals surface area contributed by atoms with E-state index >= 15 is 0 Å². The van der Waals surface area contributed by atoms with Gasteiger partial charge >= 0.3 is 0 Å². The van der Waals surface area contributed by atoms with Crippen molar-refractivity contribution in [3.05, 3.63) is 35.4 Å². The first-order chi connectivity index (χ1) is 8.70. The molecule has 0 bridgehead atoms. The van der Waals surface area contributed by atoms with Crippen LogP contribution in [0.2, 0.25) is 0 Å². The average molecular weight is 247 g/mol. The van der Waals surface area contributed by atoms with E-state index in [0.717, 1.165) is 19.6 Å². The molecule has 18 heavy (non-hydrogen) atoms. The van der Waals surface area contributed by atoms with Crippen molar-refractivity contribution in [3.63, 3.8) is 0 Å². The van der Waals surface area contributed by atoms with E-state index in [4.69, 9.17) is 5.73 Å². The third kappa shape index (κ3) is 3.31. The number of nitrogens with two attached hydrogens (primary N) is 1. The largest absolute Gasteiger partial charge is 0.326 e. The van der Waals surface area contributed by atoms with Gasteiger partial charge in [0.15, 0.2) is 0 Å². The Morgan fingerprint density at radius 3 is 2.22 bits per heavy atom. The van der Waals surface area contributed by atoms with Crippen molar-refractivity contribution in [1.29, 1.82) is 0 Å². The fourth-order valence-electron chi connectivity index (χ4n) is 2.59. The molecule has 0 aromatic heterocycles. The van der Waals surface area contributed by atoms with Gasteiger partial charge in [0.2, 0.25) is 0 Å². The van der Waals surface area contributed by atoms with Crippen molar-refractivity contribution in [2.45, 2.75) is 33.0 Å². The van der Waals surface area contributed by atoms with Crippen LogP contribution in [-0.4, -0.2) is 42.0 Å². The first kappa shape index (κ1) is 13.5. The number of benzene rings is 1. The summed E-state index contributed by atoms with van der Waals surface area (Å²) in [6.45, 7) is 10.9. The molecule has 1 fully saturated rings. The molecule has 2 rings (SSSR count). The van der Waals surface area contributed by atoms with Crippen LogP contribution in [0, 0.1) is 0 Å². The molecule has 2 N–H and O–H groups in total. The molecular formula is C15H25N3. The van der Waals surface area contributed by atoms with Crippen LogP contribution in [0.25, 0.3) is 0 Å². The van der Waals surface area contributed by atoms with Crippen molar-refractivity contribution < 1.29 is 0 Å². The summed E-state index contributed by atoms with van der Waals surface area (Å²) in [6.07, 6.45) is 0. The van der Waals surface area contributed by atoms with Gasteiger partial charge < -0.3 is 5.73 Å². The number of hydrogen-bond acceptors (Lipinski definition) is 3. The zero-order chi connectivity index (χ0) is 13.0. The fraction of sp³-hybridized carbons (Fsp3) is 0.600. The van der Waals surface area contributed by atoms with E-state index in [1.807, 2.05) is 0 Å². The Labute approximate surface area is 111 Å². The van der Waals surface area contributed by atoms with E-state index in [-0.39, 0.29) is 0 Å². The van der Waals surface area contributed by atoms with Crippen molar-refractivity contribution in [2.75, 3.05) is 26.2 Å². The predicted octanol–water partition coefficient (Wildman–Crippen LogP) is 1.67. The van der Waals surface area contributed by atoms with Gasteiger partial charge in [-0.05, 0) is 25.0 Å². The minimum atomic E-state index is 0.641. The molecule has 0 radical (unpaired) electrons. The summed E-state index contributed by atoms with van der Waals surface area (Å²) in [7, 11) is 0. The number of piperazine rings is 1. The Morgan fingerprint density at radius 2 is 1.67 bits per heavy atom.